The molecular weight excluding hydrogens is 332 g/mol. The van der Waals surface area contributed by atoms with Crippen LogP contribution in [0.5, 0.6) is 0 Å². The molecule has 2 aliphatic carbocycles. The van der Waals surface area contributed by atoms with Crippen molar-refractivity contribution in [3.63, 3.8) is 0 Å². The van der Waals surface area contributed by atoms with Crippen LogP contribution in [0.25, 0.3) is 0 Å². The Bertz CT molecular complexity index is 885. The van der Waals surface area contributed by atoms with Crippen molar-refractivity contribution in [2.24, 2.45) is 0 Å². The maximum atomic E-state index is 12.9. The number of hydrogen-bond donors (Lipinski definition) is 2. The van der Waals surface area contributed by atoms with E-state index in [1.54, 1.807) is 42.5 Å². The molecule has 0 spiro atoms. The molecule has 2 aromatic carbocycles. The molecule has 2 N–H and O–H groups in total. The minimum atomic E-state index is -0.142. The quantitative estimate of drug-likeness (QED) is 0.690. The van der Waals surface area contributed by atoms with Crippen molar-refractivity contribution in [1.82, 2.24) is 5.32 Å². The topological polar surface area (TPSA) is 58.2 Å². The molecule has 0 radical (unpaired) electrons. The number of anilines is 1. The lowest BCUT2D eigenvalue weighted by atomic mass is 9.83. The Labute approximate surface area is 151 Å². The highest BCUT2D eigenvalue weighted by Crippen LogP contribution is 2.32. The zero-order valence-corrected chi connectivity index (χ0v) is 14.5. The van der Waals surface area contributed by atoms with E-state index in [2.05, 4.69) is 10.6 Å². The summed E-state index contributed by atoms with van der Waals surface area (Å²) in [4.78, 5) is 25.7. The van der Waals surface area contributed by atoms with Crippen LogP contribution in [0.3, 0.4) is 0 Å². The van der Waals surface area contributed by atoms with Crippen LogP contribution in [0.4, 0.5) is 5.69 Å². The van der Waals surface area contributed by atoms with Crippen molar-refractivity contribution in [2.75, 3.05) is 5.32 Å². The molecule has 0 heterocycles. The van der Waals surface area contributed by atoms with Crippen LogP contribution in [0.2, 0.25) is 0 Å². The summed E-state index contributed by atoms with van der Waals surface area (Å²) in [6.45, 7) is 0. The van der Waals surface area contributed by atoms with Gasteiger partial charge in [-0.05, 0) is 31.1 Å². The summed E-state index contributed by atoms with van der Waals surface area (Å²) < 4.78 is 0. The number of ketones is 2. The van der Waals surface area contributed by atoms with Gasteiger partial charge >= 0.3 is 0 Å². The monoisotopic (exact) mass is 350 g/mol. The van der Waals surface area contributed by atoms with Gasteiger partial charge < -0.3 is 10.6 Å². The standard InChI is InChI=1S/C20H18N2O2S/c23-18-13-8-3-4-9-14(13)19(24)17-15(18)10-5-11-16(17)22-20(25)21-12-6-1-2-7-12/h3-5,8-12H,1-2,6-7H2,(H2,21,22,25). The molecule has 2 aliphatic rings. The summed E-state index contributed by atoms with van der Waals surface area (Å²) >= 11 is 5.41. The van der Waals surface area contributed by atoms with E-state index in [4.69, 9.17) is 12.2 Å². The van der Waals surface area contributed by atoms with Crippen LogP contribution in [-0.4, -0.2) is 22.7 Å². The summed E-state index contributed by atoms with van der Waals surface area (Å²) in [7, 11) is 0. The number of hydrogen-bond acceptors (Lipinski definition) is 3. The maximum absolute atomic E-state index is 12.9. The number of rotatable bonds is 2. The van der Waals surface area contributed by atoms with Crippen LogP contribution >= 0.6 is 12.2 Å². The molecule has 0 atom stereocenters. The van der Waals surface area contributed by atoms with Crippen molar-refractivity contribution in [1.29, 1.82) is 0 Å². The largest absolute Gasteiger partial charge is 0.360 e. The maximum Gasteiger partial charge on any atom is 0.196 e. The average molecular weight is 350 g/mol. The molecular formula is C20H18N2O2S. The van der Waals surface area contributed by atoms with Crippen molar-refractivity contribution in [2.45, 2.75) is 31.7 Å². The number of carbonyl (C=O) groups excluding carboxylic acids is 2. The van der Waals surface area contributed by atoms with E-state index >= 15 is 0 Å². The predicted molar refractivity (Wildman–Crippen MR) is 101 cm³/mol. The van der Waals surface area contributed by atoms with Gasteiger partial charge in [-0.1, -0.05) is 49.2 Å². The van der Waals surface area contributed by atoms with E-state index in [1.807, 2.05) is 0 Å². The van der Waals surface area contributed by atoms with Crippen LogP contribution in [0.1, 0.15) is 57.5 Å². The number of benzene rings is 2. The third-order valence-corrected chi connectivity index (χ3v) is 5.11. The van der Waals surface area contributed by atoms with Gasteiger partial charge in [-0.2, -0.15) is 0 Å². The van der Waals surface area contributed by atoms with E-state index in [0.717, 1.165) is 12.8 Å². The van der Waals surface area contributed by atoms with Gasteiger partial charge in [-0.25, -0.2) is 0 Å². The lowest BCUT2D eigenvalue weighted by Crippen LogP contribution is -2.36. The molecule has 5 heteroatoms. The second-order valence-corrected chi connectivity index (χ2v) is 6.92. The summed E-state index contributed by atoms with van der Waals surface area (Å²) in [5, 5.41) is 6.93. The zero-order chi connectivity index (χ0) is 17.4. The van der Waals surface area contributed by atoms with Crippen LogP contribution in [-0.2, 0) is 0 Å². The van der Waals surface area contributed by atoms with Gasteiger partial charge in [0, 0.05) is 22.7 Å². The molecule has 0 saturated heterocycles. The van der Waals surface area contributed by atoms with Crippen molar-refractivity contribution >= 4 is 34.6 Å². The molecule has 0 amide bonds. The first-order chi connectivity index (χ1) is 12.1. The van der Waals surface area contributed by atoms with Crippen molar-refractivity contribution in [3.05, 3.63) is 64.7 Å². The molecule has 126 valence electrons. The fourth-order valence-corrected chi connectivity index (χ4v) is 3.94. The highest BCUT2D eigenvalue weighted by Gasteiger charge is 2.31. The van der Waals surface area contributed by atoms with Gasteiger partial charge in [-0.15, -0.1) is 0 Å². The Balaban J connectivity index is 1.66. The first-order valence-corrected chi connectivity index (χ1v) is 8.95. The summed E-state index contributed by atoms with van der Waals surface area (Å²) in [5.74, 6) is -0.263. The molecule has 4 nitrogen and oxygen atoms in total. The summed E-state index contributed by atoms with van der Waals surface area (Å²) in [6, 6.07) is 12.6. The predicted octanol–water partition coefficient (Wildman–Crippen LogP) is 3.69. The molecule has 1 saturated carbocycles. The number of carbonyl (C=O) groups is 2. The first kappa shape index (κ1) is 16.0. The van der Waals surface area contributed by atoms with E-state index in [9.17, 15) is 9.59 Å². The molecule has 25 heavy (non-hydrogen) atoms. The number of nitrogens with one attached hydrogen (secondary N) is 2. The number of fused-ring (bicyclic) bond motifs is 2. The molecule has 4 rings (SSSR count). The van der Waals surface area contributed by atoms with Gasteiger partial charge in [0.25, 0.3) is 0 Å². The van der Waals surface area contributed by atoms with Gasteiger partial charge in [0.2, 0.25) is 0 Å². The van der Waals surface area contributed by atoms with E-state index in [1.165, 1.54) is 12.8 Å². The minimum Gasteiger partial charge on any atom is -0.360 e. The SMILES string of the molecule is O=C1c2ccccc2C(=O)c2c(NC(=S)NC3CCCC3)cccc21. The van der Waals surface area contributed by atoms with E-state index in [0.29, 0.717) is 39.1 Å². The van der Waals surface area contributed by atoms with Gasteiger partial charge in [0.1, 0.15) is 0 Å². The Morgan fingerprint density at radius 1 is 0.880 bits per heavy atom. The Morgan fingerprint density at radius 3 is 2.24 bits per heavy atom. The molecule has 0 unspecified atom stereocenters. The van der Waals surface area contributed by atoms with Crippen LogP contribution < -0.4 is 10.6 Å². The highest BCUT2D eigenvalue weighted by atomic mass is 32.1. The van der Waals surface area contributed by atoms with Gasteiger partial charge in [0.15, 0.2) is 16.7 Å². The molecule has 0 aromatic heterocycles. The molecule has 0 aliphatic heterocycles. The Hall–Kier alpha value is -2.53. The first-order valence-electron chi connectivity index (χ1n) is 8.54. The van der Waals surface area contributed by atoms with Crippen molar-refractivity contribution in [3.8, 4) is 0 Å². The normalized spacial score (nSPS) is 16.3. The fraction of sp³-hybridized carbons (Fsp3) is 0.250. The van der Waals surface area contributed by atoms with Crippen molar-refractivity contribution < 1.29 is 9.59 Å². The smallest absolute Gasteiger partial charge is 0.196 e. The van der Waals surface area contributed by atoms with Gasteiger partial charge in [0.05, 0.1) is 11.3 Å². The summed E-state index contributed by atoms with van der Waals surface area (Å²) in [6.07, 6.45) is 4.65. The highest BCUT2D eigenvalue weighted by molar-refractivity contribution is 7.80. The van der Waals surface area contributed by atoms with Gasteiger partial charge in [-0.3, -0.25) is 9.59 Å². The lowest BCUT2D eigenvalue weighted by molar-refractivity contribution is 0.0979. The molecule has 2 aromatic rings. The van der Waals surface area contributed by atoms with Crippen LogP contribution in [0.15, 0.2) is 42.5 Å². The molecule has 1 fully saturated rings. The second kappa shape index (κ2) is 6.41. The Morgan fingerprint density at radius 2 is 1.52 bits per heavy atom. The lowest BCUT2D eigenvalue weighted by Gasteiger charge is -2.22. The average Bonchev–Trinajstić information content (AvgIpc) is 3.12. The third kappa shape index (κ3) is 2.85. The molecule has 0 bridgehead atoms. The Kier molecular flexibility index (Phi) is 4.09. The van der Waals surface area contributed by atoms with Crippen LogP contribution in [0, 0.1) is 0 Å². The zero-order valence-electron chi connectivity index (χ0n) is 13.7. The summed E-state index contributed by atoms with van der Waals surface area (Å²) in [5.41, 5.74) is 2.33. The van der Waals surface area contributed by atoms with E-state index < -0.39 is 0 Å². The second-order valence-electron chi connectivity index (χ2n) is 6.51. The minimum absolute atomic E-state index is 0.122. The fourth-order valence-electron chi connectivity index (χ4n) is 3.66. The number of thiocarbonyl (C=S) groups is 1. The van der Waals surface area contributed by atoms with E-state index in [-0.39, 0.29) is 11.6 Å². The third-order valence-electron chi connectivity index (χ3n) is 4.89.